The Morgan fingerprint density at radius 1 is 1.47 bits per heavy atom. The van der Waals surface area contributed by atoms with Crippen molar-refractivity contribution < 1.29 is 19.1 Å². The number of carbonyl (C=O) groups is 2. The third-order valence-electron chi connectivity index (χ3n) is 3.08. The van der Waals surface area contributed by atoms with E-state index in [-0.39, 0.29) is 24.5 Å². The third-order valence-corrected chi connectivity index (χ3v) is 3.08. The van der Waals surface area contributed by atoms with E-state index >= 15 is 0 Å². The molecule has 1 fully saturated rings. The molecule has 0 aromatic heterocycles. The van der Waals surface area contributed by atoms with Gasteiger partial charge < -0.3 is 19.7 Å². The summed E-state index contributed by atoms with van der Waals surface area (Å²) in [6, 6.07) is 0. The van der Waals surface area contributed by atoms with Crippen LogP contribution in [0.1, 0.15) is 26.2 Å². The highest BCUT2D eigenvalue weighted by Crippen LogP contribution is 2.13. The minimum atomic E-state index is -0.135. The van der Waals surface area contributed by atoms with Gasteiger partial charge in [0.1, 0.15) is 0 Å². The van der Waals surface area contributed by atoms with Crippen LogP contribution in [0, 0.1) is 0 Å². The normalized spacial score (nSPS) is 18.3. The topological polar surface area (TPSA) is 67.9 Å². The molecular weight excluding hydrogens is 248 g/mol. The molecule has 0 aliphatic carbocycles. The van der Waals surface area contributed by atoms with Gasteiger partial charge in [-0.25, -0.2) is 0 Å². The minimum absolute atomic E-state index is 0.0743. The lowest BCUT2D eigenvalue weighted by atomic mass is 10.2. The Balaban J connectivity index is 2.27. The third kappa shape index (κ3) is 6.54. The van der Waals surface area contributed by atoms with E-state index in [0.717, 1.165) is 25.9 Å². The van der Waals surface area contributed by atoms with E-state index in [1.165, 1.54) is 6.92 Å². The highest BCUT2D eigenvalue weighted by atomic mass is 16.5. The summed E-state index contributed by atoms with van der Waals surface area (Å²) in [5.74, 6) is -0.230. The van der Waals surface area contributed by atoms with Gasteiger partial charge in [-0.15, -0.1) is 0 Å². The zero-order valence-electron chi connectivity index (χ0n) is 11.8. The zero-order chi connectivity index (χ0) is 14.1. The second-order valence-electron chi connectivity index (χ2n) is 4.73. The monoisotopic (exact) mass is 272 g/mol. The molecule has 1 saturated heterocycles. The molecule has 1 heterocycles. The Morgan fingerprint density at radius 2 is 2.26 bits per heavy atom. The maximum atomic E-state index is 11.7. The molecule has 2 amide bonds. The fraction of sp³-hybridized carbons (Fsp3) is 0.846. The predicted molar refractivity (Wildman–Crippen MR) is 70.7 cm³/mol. The summed E-state index contributed by atoms with van der Waals surface area (Å²) in [5, 5.41) is 2.77. The molecule has 19 heavy (non-hydrogen) atoms. The Morgan fingerprint density at radius 3 is 2.84 bits per heavy atom. The number of methoxy groups -OCH3 is 1. The second-order valence-corrected chi connectivity index (χ2v) is 4.73. The van der Waals surface area contributed by atoms with Crippen molar-refractivity contribution in [3.8, 4) is 0 Å². The summed E-state index contributed by atoms with van der Waals surface area (Å²) in [6.45, 7) is 4.01. The minimum Gasteiger partial charge on any atom is -0.385 e. The van der Waals surface area contributed by atoms with Crippen LogP contribution in [0.15, 0.2) is 0 Å². The molecule has 0 bridgehead atoms. The molecule has 1 aliphatic rings. The summed E-state index contributed by atoms with van der Waals surface area (Å²) in [4.78, 5) is 24.8. The number of ether oxygens (including phenoxy) is 2. The summed E-state index contributed by atoms with van der Waals surface area (Å²) < 4.78 is 10.4. The van der Waals surface area contributed by atoms with Gasteiger partial charge in [-0.3, -0.25) is 9.59 Å². The van der Waals surface area contributed by atoms with Gasteiger partial charge in [0.25, 0.3) is 0 Å². The van der Waals surface area contributed by atoms with Crippen molar-refractivity contribution in [1.82, 2.24) is 10.2 Å². The predicted octanol–water partition coefficient (Wildman–Crippen LogP) is 0.167. The van der Waals surface area contributed by atoms with Crippen LogP contribution in [-0.2, 0) is 19.1 Å². The molecule has 1 N–H and O–H groups in total. The first-order valence-electron chi connectivity index (χ1n) is 6.76. The first-order valence-corrected chi connectivity index (χ1v) is 6.76. The molecule has 1 rings (SSSR count). The van der Waals surface area contributed by atoms with Gasteiger partial charge in [0.2, 0.25) is 11.8 Å². The van der Waals surface area contributed by atoms with Crippen molar-refractivity contribution >= 4 is 11.8 Å². The van der Waals surface area contributed by atoms with Gasteiger partial charge in [-0.2, -0.15) is 0 Å². The Hall–Kier alpha value is -1.14. The Kier molecular flexibility index (Phi) is 7.43. The van der Waals surface area contributed by atoms with Crippen LogP contribution < -0.4 is 5.32 Å². The number of hydrogen-bond acceptors (Lipinski definition) is 4. The number of nitrogens with zero attached hydrogens (tertiary/aromatic N) is 1. The van der Waals surface area contributed by atoms with Crippen molar-refractivity contribution in [1.29, 1.82) is 0 Å². The lowest BCUT2D eigenvalue weighted by Gasteiger charge is -2.23. The van der Waals surface area contributed by atoms with Gasteiger partial charge in [-0.1, -0.05) is 0 Å². The number of hydrogen-bond donors (Lipinski definition) is 1. The Labute approximate surface area is 114 Å². The van der Waals surface area contributed by atoms with Crippen LogP contribution in [0.25, 0.3) is 0 Å². The number of carbonyl (C=O) groups excluding carboxylic acids is 2. The fourth-order valence-corrected chi connectivity index (χ4v) is 2.01. The van der Waals surface area contributed by atoms with Crippen LogP contribution in [-0.4, -0.2) is 62.8 Å². The van der Waals surface area contributed by atoms with Crippen molar-refractivity contribution in [3.63, 3.8) is 0 Å². The molecule has 1 unspecified atom stereocenters. The summed E-state index contributed by atoms with van der Waals surface area (Å²) in [5.41, 5.74) is 0. The lowest BCUT2D eigenvalue weighted by Crippen LogP contribution is -2.43. The molecule has 1 atom stereocenters. The standard InChI is InChI=1S/C13H24N2O4/c1-11(16)15(9-12-5-3-8-19-12)10-13(17)14-6-4-7-18-2/h12H,3-10H2,1-2H3,(H,14,17). The zero-order valence-corrected chi connectivity index (χ0v) is 11.8. The summed E-state index contributed by atoms with van der Waals surface area (Å²) in [6.07, 6.45) is 2.83. The first-order chi connectivity index (χ1) is 9.13. The first kappa shape index (κ1) is 15.9. The quantitative estimate of drug-likeness (QED) is 0.639. The molecular formula is C13H24N2O4. The average molecular weight is 272 g/mol. The van der Waals surface area contributed by atoms with Crippen LogP contribution in [0.3, 0.4) is 0 Å². The van der Waals surface area contributed by atoms with Gasteiger partial charge in [0, 0.05) is 40.3 Å². The van der Waals surface area contributed by atoms with Crippen molar-refractivity contribution in [2.24, 2.45) is 0 Å². The number of nitrogens with one attached hydrogen (secondary N) is 1. The van der Waals surface area contributed by atoms with Gasteiger partial charge in [-0.05, 0) is 19.3 Å². The van der Waals surface area contributed by atoms with Gasteiger partial charge >= 0.3 is 0 Å². The van der Waals surface area contributed by atoms with E-state index in [0.29, 0.717) is 19.7 Å². The molecule has 0 aromatic carbocycles. The largest absolute Gasteiger partial charge is 0.385 e. The van der Waals surface area contributed by atoms with Crippen LogP contribution in [0.4, 0.5) is 0 Å². The molecule has 0 aromatic rings. The SMILES string of the molecule is COCCCNC(=O)CN(CC1CCCO1)C(C)=O. The van der Waals surface area contributed by atoms with E-state index in [1.54, 1.807) is 12.0 Å². The molecule has 0 spiro atoms. The van der Waals surface area contributed by atoms with Crippen LogP contribution in [0.2, 0.25) is 0 Å². The van der Waals surface area contributed by atoms with Gasteiger partial charge in [0.15, 0.2) is 0 Å². The summed E-state index contributed by atoms with van der Waals surface area (Å²) in [7, 11) is 1.63. The highest BCUT2D eigenvalue weighted by molar-refractivity contribution is 5.83. The highest BCUT2D eigenvalue weighted by Gasteiger charge is 2.22. The van der Waals surface area contributed by atoms with Crippen LogP contribution >= 0.6 is 0 Å². The van der Waals surface area contributed by atoms with E-state index < -0.39 is 0 Å². The average Bonchev–Trinajstić information content (AvgIpc) is 2.86. The van der Waals surface area contributed by atoms with Crippen molar-refractivity contribution in [3.05, 3.63) is 0 Å². The molecule has 0 radical (unpaired) electrons. The number of rotatable bonds is 8. The fourth-order valence-electron chi connectivity index (χ4n) is 2.01. The Bertz CT molecular complexity index is 290. The van der Waals surface area contributed by atoms with Gasteiger partial charge in [0.05, 0.1) is 12.6 Å². The second kappa shape index (κ2) is 8.87. The maximum Gasteiger partial charge on any atom is 0.239 e. The molecule has 6 heteroatoms. The maximum absolute atomic E-state index is 11.7. The molecule has 1 aliphatic heterocycles. The molecule has 6 nitrogen and oxygen atoms in total. The smallest absolute Gasteiger partial charge is 0.239 e. The molecule has 110 valence electrons. The lowest BCUT2D eigenvalue weighted by molar-refractivity contribution is -0.135. The van der Waals surface area contributed by atoms with E-state index in [2.05, 4.69) is 5.32 Å². The van der Waals surface area contributed by atoms with E-state index in [4.69, 9.17) is 9.47 Å². The number of amides is 2. The van der Waals surface area contributed by atoms with Crippen LogP contribution in [0.5, 0.6) is 0 Å². The van der Waals surface area contributed by atoms with Crippen molar-refractivity contribution in [2.75, 3.05) is 40.0 Å². The van der Waals surface area contributed by atoms with E-state index in [9.17, 15) is 9.59 Å². The summed E-state index contributed by atoms with van der Waals surface area (Å²) >= 11 is 0. The van der Waals surface area contributed by atoms with E-state index in [1.807, 2.05) is 0 Å². The van der Waals surface area contributed by atoms with Crippen molar-refractivity contribution in [2.45, 2.75) is 32.3 Å². The molecule has 0 saturated carbocycles.